The van der Waals surface area contributed by atoms with Gasteiger partial charge in [0.05, 0.1) is 12.6 Å². The maximum Gasteiger partial charge on any atom is 0.326 e. The van der Waals surface area contributed by atoms with Crippen molar-refractivity contribution in [2.45, 2.75) is 77.9 Å². The average Bonchev–Trinajstić information content (AvgIpc) is 2.67. The summed E-state index contributed by atoms with van der Waals surface area (Å²) in [5.41, 5.74) is 11.3. The zero-order chi connectivity index (χ0) is 23.3. The second kappa shape index (κ2) is 14.7. The van der Waals surface area contributed by atoms with Crippen LogP contribution < -0.4 is 27.4 Å². The molecule has 0 spiro atoms. The molecule has 0 fully saturated rings. The van der Waals surface area contributed by atoms with Crippen LogP contribution in [-0.4, -0.2) is 60.0 Å². The molecule has 30 heavy (non-hydrogen) atoms. The lowest BCUT2D eigenvalue weighted by Gasteiger charge is -2.24. The minimum atomic E-state index is -1.13. The van der Waals surface area contributed by atoms with Crippen molar-refractivity contribution >= 4 is 23.7 Å². The number of hydrogen-bond acceptors (Lipinski definition) is 6. The molecule has 0 bridgehead atoms. The molecule has 0 aromatic heterocycles. The van der Waals surface area contributed by atoms with Crippen LogP contribution in [0.25, 0.3) is 0 Å². The highest BCUT2D eigenvalue weighted by atomic mass is 16.4. The lowest BCUT2D eigenvalue weighted by molar-refractivity contribution is -0.143. The fourth-order valence-corrected chi connectivity index (χ4v) is 2.86. The van der Waals surface area contributed by atoms with E-state index >= 15 is 0 Å². The van der Waals surface area contributed by atoms with Crippen molar-refractivity contribution in [1.29, 1.82) is 0 Å². The van der Waals surface area contributed by atoms with E-state index in [1.165, 1.54) is 0 Å². The van der Waals surface area contributed by atoms with Gasteiger partial charge in [-0.2, -0.15) is 0 Å². The first kappa shape index (κ1) is 27.8. The Labute approximate surface area is 178 Å². The summed E-state index contributed by atoms with van der Waals surface area (Å²) in [5, 5.41) is 16.9. The largest absolute Gasteiger partial charge is 0.480 e. The second-order valence-electron chi connectivity index (χ2n) is 8.07. The van der Waals surface area contributed by atoms with E-state index < -0.39 is 41.8 Å². The molecular weight excluding hydrogens is 390 g/mol. The Hall–Kier alpha value is -2.20. The minimum absolute atomic E-state index is 0.239. The predicted octanol–water partition coefficient (Wildman–Crippen LogP) is -0.295. The van der Waals surface area contributed by atoms with Gasteiger partial charge in [-0.05, 0) is 44.1 Å². The Morgan fingerprint density at radius 1 is 1.00 bits per heavy atom. The number of amides is 3. The van der Waals surface area contributed by atoms with Gasteiger partial charge >= 0.3 is 5.97 Å². The summed E-state index contributed by atoms with van der Waals surface area (Å²) in [7, 11) is 0. The van der Waals surface area contributed by atoms with Crippen LogP contribution >= 0.6 is 0 Å². The highest BCUT2D eigenvalue weighted by Gasteiger charge is 2.29. The Morgan fingerprint density at radius 2 is 1.63 bits per heavy atom. The van der Waals surface area contributed by atoms with Gasteiger partial charge < -0.3 is 32.5 Å². The molecule has 3 amide bonds. The van der Waals surface area contributed by atoms with E-state index in [2.05, 4.69) is 16.0 Å². The number of nitrogens with two attached hydrogens (primary N) is 2. The highest BCUT2D eigenvalue weighted by Crippen LogP contribution is 2.09. The van der Waals surface area contributed by atoms with E-state index in [1.54, 1.807) is 6.92 Å². The first-order chi connectivity index (χ1) is 14.0. The van der Waals surface area contributed by atoms with Crippen LogP contribution in [0, 0.1) is 11.8 Å². The number of carboxylic acid groups (broad SMARTS) is 1. The highest BCUT2D eigenvalue weighted by molar-refractivity contribution is 5.92. The fourth-order valence-electron chi connectivity index (χ4n) is 2.86. The molecule has 174 valence electrons. The minimum Gasteiger partial charge on any atom is -0.480 e. The molecule has 8 N–H and O–H groups in total. The smallest absolute Gasteiger partial charge is 0.326 e. The SMILES string of the molecule is CCC(C)C(NC(=O)C(CCCCN)NC(=O)CNC(=O)C(N)CC(C)C)C(=O)O. The molecule has 0 aliphatic heterocycles. The molecule has 10 nitrogen and oxygen atoms in total. The number of rotatable bonds is 15. The van der Waals surface area contributed by atoms with Gasteiger partial charge in [-0.3, -0.25) is 14.4 Å². The standard InChI is InChI=1S/C20H39N5O5/c1-5-13(4)17(20(29)30)25-19(28)15(8-6-7-9-21)24-16(26)11-23-18(27)14(22)10-12(2)3/h12-15,17H,5-11,21-22H2,1-4H3,(H,23,27)(H,24,26)(H,25,28)(H,29,30). The Morgan fingerprint density at radius 3 is 2.13 bits per heavy atom. The van der Waals surface area contributed by atoms with Crippen LogP contribution in [0.2, 0.25) is 0 Å². The molecular formula is C20H39N5O5. The summed E-state index contributed by atoms with van der Waals surface area (Å²) in [6.45, 7) is 7.56. The summed E-state index contributed by atoms with van der Waals surface area (Å²) < 4.78 is 0. The molecule has 0 aromatic rings. The number of hydrogen-bond donors (Lipinski definition) is 6. The molecule has 0 heterocycles. The summed E-state index contributed by atoms with van der Waals surface area (Å²) >= 11 is 0. The number of carbonyl (C=O) groups excluding carboxylic acids is 3. The number of carboxylic acids is 1. The zero-order valence-electron chi connectivity index (χ0n) is 18.6. The molecule has 0 aliphatic rings. The maximum atomic E-state index is 12.6. The van der Waals surface area contributed by atoms with Crippen molar-refractivity contribution in [3.63, 3.8) is 0 Å². The van der Waals surface area contributed by atoms with Crippen molar-refractivity contribution in [3.05, 3.63) is 0 Å². The Kier molecular flexibility index (Phi) is 13.7. The van der Waals surface area contributed by atoms with Gasteiger partial charge in [0.2, 0.25) is 17.7 Å². The third-order valence-electron chi connectivity index (χ3n) is 4.86. The average molecular weight is 430 g/mol. The fraction of sp³-hybridized carbons (Fsp3) is 0.800. The maximum absolute atomic E-state index is 12.6. The lowest BCUT2D eigenvalue weighted by Crippen LogP contribution is -2.55. The van der Waals surface area contributed by atoms with Gasteiger partial charge in [-0.25, -0.2) is 4.79 Å². The second-order valence-corrected chi connectivity index (χ2v) is 8.07. The van der Waals surface area contributed by atoms with Gasteiger partial charge in [0, 0.05) is 0 Å². The zero-order valence-corrected chi connectivity index (χ0v) is 18.6. The first-order valence-corrected chi connectivity index (χ1v) is 10.6. The van der Waals surface area contributed by atoms with E-state index in [4.69, 9.17) is 11.5 Å². The number of carbonyl (C=O) groups is 4. The van der Waals surface area contributed by atoms with Gasteiger partial charge in [-0.15, -0.1) is 0 Å². The number of nitrogens with one attached hydrogen (secondary N) is 3. The van der Waals surface area contributed by atoms with Crippen LogP contribution in [0.3, 0.4) is 0 Å². The summed E-state index contributed by atoms with van der Waals surface area (Å²) in [5.74, 6) is -2.72. The van der Waals surface area contributed by atoms with Crippen LogP contribution in [0.4, 0.5) is 0 Å². The van der Waals surface area contributed by atoms with E-state index in [1.807, 2.05) is 20.8 Å². The first-order valence-electron chi connectivity index (χ1n) is 10.6. The van der Waals surface area contributed by atoms with E-state index in [-0.39, 0.29) is 18.4 Å². The molecule has 0 radical (unpaired) electrons. The monoisotopic (exact) mass is 429 g/mol. The molecule has 0 aliphatic carbocycles. The van der Waals surface area contributed by atoms with Gasteiger partial charge in [0.15, 0.2) is 0 Å². The molecule has 0 aromatic carbocycles. The summed E-state index contributed by atoms with van der Waals surface area (Å²) in [4.78, 5) is 48.4. The van der Waals surface area contributed by atoms with E-state index in [0.717, 1.165) is 0 Å². The summed E-state index contributed by atoms with van der Waals surface area (Å²) in [6, 6.07) is -2.69. The van der Waals surface area contributed by atoms with Gasteiger partial charge in [0.25, 0.3) is 0 Å². The molecule has 10 heteroatoms. The van der Waals surface area contributed by atoms with E-state index in [0.29, 0.717) is 38.6 Å². The third-order valence-corrected chi connectivity index (χ3v) is 4.86. The van der Waals surface area contributed by atoms with Crippen LogP contribution in [0.15, 0.2) is 0 Å². The molecule has 0 saturated heterocycles. The molecule has 4 unspecified atom stereocenters. The van der Waals surface area contributed by atoms with Crippen LogP contribution in [0.5, 0.6) is 0 Å². The van der Waals surface area contributed by atoms with Crippen molar-refractivity contribution in [2.24, 2.45) is 23.3 Å². The lowest BCUT2D eigenvalue weighted by atomic mass is 9.98. The van der Waals surface area contributed by atoms with Crippen molar-refractivity contribution in [2.75, 3.05) is 13.1 Å². The predicted molar refractivity (Wildman–Crippen MR) is 114 cm³/mol. The van der Waals surface area contributed by atoms with E-state index in [9.17, 15) is 24.3 Å². The van der Waals surface area contributed by atoms with Gasteiger partial charge in [-0.1, -0.05) is 34.1 Å². The quantitative estimate of drug-likeness (QED) is 0.194. The number of unbranched alkanes of at least 4 members (excludes halogenated alkanes) is 1. The van der Waals surface area contributed by atoms with Crippen molar-refractivity contribution < 1.29 is 24.3 Å². The molecule has 0 saturated carbocycles. The van der Waals surface area contributed by atoms with Crippen LogP contribution in [0.1, 0.15) is 59.8 Å². The van der Waals surface area contributed by atoms with Gasteiger partial charge in [0.1, 0.15) is 12.1 Å². The normalized spacial score (nSPS) is 15.0. The third kappa shape index (κ3) is 11.1. The molecule has 4 atom stereocenters. The van der Waals surface area contributed by atoms with Crippen LogP contribution in [-0.2, 0) is 19.2 Å². The Balaban J connectivity index is 4.94. The molecule has 0 rings (SSSR count). The number of aliphatic carboxylic acids is 1. The topological polar surface area (TPSA) is 177 Å². The summed E-state index contributed by atoms with van der Waals surface area (Å²) in [6.07, 6.45) is 2.62. The van der Waals surface area contributed by atoms with Crippen molar-refractivity contribution in [1.82, 2.24) is 16.0 Å². The van der Waals surface area contributed by atoms with Crippen molar-refractivity contribution in [3.8, 4) is 0 Å². The Bertz CT molecular complexity index is 570.